The number of aryl methyl sites for hydroxylation is 1. The third-order valence-corrected chi connectivity index (χ3v) is 10.1. The average molecular weight is 465 g/mol. The molecule has 0 aromatic heterocycles. The van der Waals surface area contributed by atoms with Gasteiger partial charge in [-0.1, -0.05) is 22.3 Å². The summed E-state index contributed by atoms with van der Waals surface area (Å²) < 4.78 is 61.5. The van der Waals surface area contributed by atoms with E-state index in [0.29, 0.717) is 15.9 Å². The van der Waals surface area contributed by atoms with Crippen molar-refractivity contribution in [2.75, 3.05) is 0 Å². The Morgan fingerprint density at radius 2 is 1.19 bits per heavy atom. The van der Waals surface area contributed by atoms with Crippen molar-refractivity contribution in [2.24, 2.45) is 0 Å². The van der Waals surface area contributed by atoms with E-state index in [1.165, 1.54) is 36.4 Å². The Balaban J connectivity index is 1.64. The van der Waals surface area contributed by atoms with Gasteiger partial charge in [0.15, 0.2) is 17.8 Å². The Kier molecular flexibility index (Phi) is 5.04. The summed E-state index contributed by atoms with van der Waals surface area (Å²) in [6.45, 7) is 1.96. The summed E-state index contributed by atoms with van der Waals surface area (Å²) in [6, 6.07) is 21.6. The van der Waals surface area contributed by atoms with Gasteiger partial charge in [-0.05, 0) is 79.7 Å². The number of fused-ring (bicyclic) bond motifs is 2. The van der Waals surface area contributed by atoms with Crippen molar-refractivity contribution < 1.29 is 22.6 Å². The highest BCUT2D eigenvalue weighted by molar-refractivity contribution is 7.85. The first-order chi connectivity index (χ1) is 15.4. The van der Waals surface area contributed by atoms with E-state index in [9.17, 15) is 17.9 Å². The van der Waals surface area contributed by atoms with Gasteiger partial charge in [-0.3, -0.25) is 0 Å². The number of hydrogen-bond acceptors (Lipinski definition) is 3. The molecule has 0 saturated carbocycles. The number of benzene rings is 4. The summed E-state index contributed by atoms with van der Waals surface area (Å²) in [7, 11) is -5.46. The number of halogens is 2. The quantitative estimate of drug-likeness (QED) is 0.360. The predicted molar refractivity (Wildman–Crippen MR) is 124 cm³/mol. The first kappa shape index (κ1) is 20.8. The van der Waals surface area contributed by atoms with Crippen LogP contribution in [0.1, 0.15) is 5.56 Å². The summed E-state index contributed by atoms with van der Waals surface area (Å²) in [5, 5.41) is 2.00. The smallest absolute Gasteiger partial charge is 0.415 e. The minimum atomic E-state index is -3.63. The van der Waals surface area contributed by atoms with Crippen LogP contribution in [0.25, 0.3) is 0 Å². The lowest BCUT2D eigenvalue weighted by atomic mass is 10.2. The second-order valence-corrected chi connectivity index (χ2v) is 11.9. The SMILES string of the molecule is Cc1ccc([P+](=O)c2ccc(P3(=O)c4cc(F)ccc4Oc4ccc(F)cc43)cc2)cc1. The maximum absolute atomic E-state index is 14.5. The second-order valence-electron chi connectivity index (χ2n) is 7.58. The summed E-state index contributed by atoms with van der Waals surface area (Å²) in [6.07, 6.45) is 0. The molecule has 3 nitrogen and oxygen atoms in total. The molecule has 7 heteroatoms. The Hall–Kier alpha value is -3.13. The molecule has 5 rings (SSSR count). The lowest BCUT2D eigenvalue weighted by Crippen LogP contribution is -2.31. The van der Waals surface area contributed by atoms with Gasteiger partial charge >= 0.3 is 7.80 Å². The molecule has 0 N–H and O–H groups in total. The predicted octanol–water partition coefficient (Wildman–Crippen LogP) is 4.80. The molecule has 1 aliphatic rings. The summed E-state index contributed by atoms with van der Waals surface area (Å²) in [5.74, 6) is -0.592. The van der Waals surface area contributed by atoms with Gasteiger partial charge in [-0.2, -0.15) is 0 Å². The molecule has 1 atom stereocenters. The first-order valence-electron chi connectivity index (χ1n) is 9.89. The minimum Gasteiger partial charge on any atom is -0.456 e. The zero-order valence-electron chi connectivity index (χ0n) is 17.0. The highest BCUT2D eigenvalue weighted by Crippen LogP contribution is 2.51. The summed E-state index contributed by atoms with van der Waals surface area (Å²) >= 11 is 0. The molecule has 4 aromatic carbocycles. The van der Waals surface area contributed by atoms with Gasteiger partial charge < -0.3 is 9.30 Å². The van der Waals surface area contributed by atoms with E-state index in [1.807, 2.05) is 31.2 Å². The van der Waals surface area contributed by atoms with Crippen molar-refractivity contribution in [2.45, 2.75) is 6.92 Å². The van der Waals surface area contributed by atoms with Crippen molar-refractivity contribution in [3.63, 3.8) is 0 Å². The van der Waals surface area contributed by atoms with Crippen LogP contribution in [-0.2, 0) is 9.13 Å². The molecule has 0 saturated heterocycles. The van der Waals surface area contributed by atoms with Gasteiger partial charge in [0.05, 0.1) is 10.6 Å². The van der Waals surface area contributed by atoms with Gasteiger partial charge in [0.2, 0.25) is 0 Å². The fourth-order valence-corrected chi connectivity index (χ4v) is 7.79. The topological polar surface area (TPSA) is 43.4 Å². The molecule has 0 bridgehead atoms. The van der Waals surface area contributed by atoms with E-state index in [-0.39, 0.29) is 22.1 Å². The first-order valence-corrected chi connectivity index (χ1v) is 12.9. The molecule has 0 radical (unpaired) electrons. The average Bonchev–Trinajstić information content (AvgIpc) is 2.80. The lowest BCUT2D eigenvalue weighted by molar-refractivity contribution is 0.481. The van der Waals surface area contributed by atoms with E-state index >= 15 is 0 Å². The molecule has 1 unspecified atom stereocenters. The van der Waals surface area contributed by atoms with Crippen LogP contribution in [0.5, 0.6) is 11.5 Å². The normalized spacial score (nSPS) is 14.2. The maximum Gasteiger partial charge on any atom is 0.415 e. The van der Waals surface area contributed by atoms with Crippen molar-refractivity contribution in [3.8, 4) is 11.5 Å². The van der Waals surface area contributed by atoms with Gasteiger partial charge in [0.1, 0.15) is 23.1 Å². The number of hydrogen-bond donors (Lipinski definition) is 0. The Bertz CT molecular complexity index is 1360. The third-order valence-electron chi connectivity index (χ3n) is 5.46. The standard InChI is InChI=1S/C25H17F2O3P2/c1-16-2-6-19(7-3-16)31(28)20-8-10-21(11-9-20)32(29)24-14-17(26)4-12-22(24)30-23-13-5-18(27)15-25(23)32/h2-15H,1H3/q+1. The van der Waals surface area contributed by atoms with Crippen molar-refractivity contribution in [3.05, 3.63) is 102 Å². The minimum absolute atomic E-state index is 0.172. The molecule has 0 aliphatic carbocycles. The molecule has 0 spiro atoms. The van der Waals surface area contributed by atoms with Crippen LogP contribution >= 0.6 is 14.9 Å². The lowest BCUT2D eigenvalue weighted by Gasteiger charge is -2.28. The van der Waals surface area contributed by atoms with E-state index in [2.05, 4.69) is 0 Å². The second kappa shape index (κ2) is 7.78. The molecule has 4 aromatic rings. The van der Waals surface area contributed by atoms with Crippen LogP contribution in [-0.4, -0.2) is 0 Å². The highest BCUT2D eigenvalue weighted by Gasteiger charge is 2.40. The van der Waals surface area contributed by atoms with E-state index in [0.717, 1.165) is 5.56 Å². The van der Waals surface area contributed by atoms with Crippen molar-refractivity contribution in [1.29, 1.82) is 0 Å². The Morgan fingerprint density at radius 3 is 1.69 bits per heavy atom. The monoisotopic (exact) mass is 465 g/mol. The largest absolute Gasteiger partial charge is 0.456 e. The van der Waals surface area contributed by atoms with E-state index in [1.54, 1.807) is 24.3 Å². The fraction of sp³-hybridized carbons (Fsp3) is 0.0400. The van der Waals surface area contributed by atoms with Crippen LogP contribution in [0, 0.1) is 18.6 Å². The van der Waals surface area contributed by atoms with Crippen LogP contribution in [0.2, 0.25) is 0 Å². The van der Waals surface area contributed by atoms with Gasteiger partial charge in [0, 0.05) is 5.30 Å². The highest BCUT2D eigenvalue weighted by atomic mass is 31.2. The zero-order chi connectivity index (χ0) is 22.5. The van der Waals surface area contributed by atoms with Gasteiger partial charge in [-0.25, -0.2) is 8.78 Å². The van der Waals surface area contributed by atoms with E-state index < -0.39 is 26.6 Å². The van der Waals surface area contributed by atoms with Crippen molar-refractivity contribution >= 4 is 41.5 Å². The van der Waals surface area contributed by atoms with Crippen LogP contribution in [0.15, 0.2) is 84.9 Å². The number of ether oxygens (including phenoxy) is 1. The molecule has 1 heterocycles. The molecular weight excluding hydrogens is 448 g/mol. The van der Waals surface area contributed by atoms with Gasteiger partial charge in [-0.15, -0.1) is 0 Å². The van der Waals surface area contributed by atoms with E-state index in [4.69, 9.17) is 4.74 Å². The maximum atomic E-state index is 14.5. The summed E-state index contributed by atoms with van der Waals surface area (Å²) in [5.41, 5.74) is 1.07. The van der Waals surface area contributed by atoms with Crippen LogP contribution in [0.3, 0.4) is 0 Å². The summed E-state index contributed by atoms with van der Waals surface area (Å²) in [4.78, 5) is 0. The molecule has 1 aliphatic heterocycles. The molecule has 32 heavy (non-hydrogen) atoms. The fourth-order valence-electron chi connectivity index (χ4n) is 3.80. The van der Waals surface area contributed by atoms with Crippen molar-refractivity contribution in [1.82, 2.24) is 0 Å². The molecular formula is C25H17F2O3P2+. The van der Waals surface area contributed by atoms with Crippen LogP contribution < -0.4 is 31.3 Å². The van der Waals surface area contributed by atoms with Crippen LogP contribution in [0.4, 0.5) is 8.78 Å². The number of rotatable bonds is 3. The Morgan fingerprint density at radius 1 is 0.719 bits per heavy atom. The molecule has 0 fully saturated rings. The molecule has 0 amide bonds. The third kappa shape index (κ3) is 3.39. The molecule has 158 valence electrons. The zero-order valence-corrected chi connectivity index (χ0v) is 18.7. The van der Waals surface area contributed by atoms with Gasteiger partial charge in [0.25, 0.3) is 0 Å². The Labute approximate surface area is 184 Å².